The minimum absolute atomic E-state index is 0.129. The fourth-order valence-electron chi connectivity index (χ4n) is 3.67. The van der Waals surface area contributed by atoms with Gasteiger partial charge in [0.15, 0.2) is 0 Å². The Morgan fingerprint density at radius 2 is 1.57 bits per heavy atom. The van der Waals surface area contributed by atoms with Crippen molar-refractivity contribution in [3.8, 4) is 0 Å². The smallest absolute Gasteiger partial charge is 0.243 e. The molecule has 1 atom stereocenters. The average Bonchev–Trinajstić information content (AvgIpc) is 2.83. The molecule has 0 heterocycles. The summed E-state index contributed by atoms with van der Waals surface area (Å²) in [6.45, 7) is 2.45. The Balaban J connectivity index is 1.87. The molecule has 0 saturated heterocycles. The van der Waals surface area contributed by atoms with Crippen molar-refractivity contribution < 1.29 is 9.59 Å². The molecule has 3 rings (SSSR count). The number of benzene rings is 3. The molecule has 0 saturated carbocycles. The molecule has 184 valence electrons. The number of halogens is 3. The van der Waals surface area contributed by atoms with Gasteiger partial charge in [-0.3, -0.25) is 9.59 Å². The number of carbonyl (C=O) groups excluding carboxylic acids is 2. The molecule has 0 spiro atoms. The molecule has 0 unspecified atom stereocenters. The molecule has 0 fully saturated rings. The van der Waals surface area contributed by atoms with Crippen LogP contribution in [0.4, 0.5) is 0 Å². The summed E-state index contributed by atoms with van der Waals surface area (Å²) in [5.41, 5.74) is 2.60. The highest BCUT2D eigenvalue weighted by molar-refractivity contribution is 7.99. The van der Waals surface area contributed by atoms with Crippen molar-refractivity contribution in [1.82, 2.24) is 10.2 Å². The second-order valence-electron chi connectivity index (χ2n) is 7.94. The van der Waals surface area contributed by atoms with Gasteiger partial charge in [0.2, 0.25) is 11.8 Å². The molecular formula is C27H27Cl3N2O2S. The maximum atomic E-state index is 13.6. The molecule has 2 amide bonds. The lowest BCUT2D eigenvalue weighted by atomic mass is 10.0. The number of nitrogens with one attached hydrogen (secondary N) is 1. The molecule has 0 aromatic heterocycles. The summed E-state index contributed by atoms with van der Waals surface area (Å²) in [5, 5.41) is 4.45. The van der Waals surface area contributed by atoms with Crippen LogP contribution in [0.15, 0.2) is 72.8 Å². The molecule has 0 aliphatic carbocycles. The van der Waals surface area contributed by atoms with Crippen LogP contribution in [0, 0.1) is 0 Å². The first-order chi connectivity index (χ1) is 16.9. The molecule has 0 bridgehead atoms. The van der Waals surface area contributed by atoms with E-state index in [1.54, 1.807) is 23.1 Å². The van der Waals surface area contributed by atoms with Crippen molar-refractivity contribution in [2.45, 2.75) is 31.7 Å². The van der Waals surface area contributed by atoms with Gasteiger partial charge in [0.05, 0.1) is 5.75 Å². The molecule has 3 aromatic carbocycles. The maximum absolute atomic E-state index is 13.6. The first kappa shape index (κ1) is 27.4. The lowest BCUT2D eigenvalue weighted by molar-refractivity contribution is -0.139. The van der Waals surface area contributed by atoms with Crippen molar-refractivity contribution in [1.29, 1.82) is 0 Å². The van der Waals surface area contributed by atoms with Gasteiger partial charge >= 0.3 is 0 Å². The molecular weight excluding hydrogens is 523 g/mol. The topological polar surface area (TPSA) is 49.4 Å². The normalized spacial score (nSPS) is 11.7. The van der Waals surface area contributed by atoms with E-state index >= 15 is 0 Å². The summed E-state index contributed by atoms with van der Waals surface area (Å²) in [6.07, 6.45) is 0.374. The molecule has 0 radical (unpaired) electrons. The average molecular weight is 550 g/mol. The van der Waals surface area contributed by atoms with E-state index in [9.17, 15) is 9.59 Å². The van der Waals surface area contributed by atoms with Gasteiger partial charge in [-0.1, -0.05) is 83.3 Å². The van der Waals surface area contributed by atoms with E-state index in [0.717, 1.165) is 11.1 Å². The Morgan fingerprint density at radius 1 is 0.914 bits per heavy atom. The van der Waals surface area contributed by atoms with E-state index in [-0.39, 0.29) is 24.1 Å². The van der Waals surface area contributed by atoms with Crippen LogP contribution >= 0.6 is 46.6 Å². The molecule has 0 aliphatic rings. The number of hydrogen-bond donors (Lipinski definition) is 1. The zero-order valence-electron chi connectivity index (χ0n) is 19.3. The van der Waals surface area contributed by atoms with Gasteiger partial charge in [0, 0.05) is 45.9 Å². The van der Waals surface area contributed by atoms with E-state index in [2.05, 4.69) is 5.32 Å². The minimum Gasteiger partial charge on any atom is -0.355 e. The van der Waals surface area contributed by atoms with Gasteiger partial charge in [-0.05, 0) is 42.3 Å². The summed E-state index contributed by atoms with van der Waals surface area (Å²) in [5.74, 6) is 0.435. The fraction of sp³-hybridized carbons (Fsp3) is 0.259. The summed E-state index contributed by atoms with van der Waals surface area (Å²) in [7, 11) is 0. The van der Waals surface area contributed by atoms with Crippen LogP contribution in [0.5, 0.6) is 0 Å². The number of hydrogen-bond acceptors (Lipinski definition) is 3. The van der Waals surface area contributed by atoms with Crippen LogP contribution in [0.3, 0.4) is 0 Å². The highest BCUT2D eigenvalue weighted by Crippen LogP contribution is 2.28. The minimum atomic E-state index is -0.719. The van der Waals surface area contributed by atoms with E-state index < -0.39 is 6.04 Å². The third-order valence-electron chi connectivity index (χ3n) is 5.40. The van der Waals surface area contributed by atoms with Gasteiger partial charge in [-0.2, -0.15) is 0 Å². The van der Waals surface area contributed by atoms with Crippen LogP contribution < -0.4 is 5.32 Å². The molecule has 4 nitrogen and oxygen atoms in total. The van der Waals surface area contributed by atoms with E-state index in [4.69, 9.17) is 34.8 Å². The van der Waals surface area contributed by atoms with Crippen molar-refractivity contribution in [2.75, 3.05) is 12.3 Å². The molecule has 1 N–H and O–H groups in total. The van der Waals surface area contributed by atoms with E-state index in [0.29, 0.717) is 39.3 Å². The van der Waals surface area contributed by atoms with Crippen molar-refractivity contribution in [3.05, 3.63) is 105 Å². The molecule has 0 aliphatic heterocycles. The predicted octanol–water partition coefficient (Wildman–Crippen LogP) is 6.66. The lowest BCUT2D eigenvalue weighted by Crippen LogP contribution is -2.51. The van der Waals surface area contributed by atoms with Crippen molar-refractivity contribution >= 4 is 58.4 Å². The zero-order valence-corrected chi connectivity index (χ0v) is 22.4. The Kier molecular flexibility index (Phi) is 10.8. The SMILES string of the molecule is CCNC(=O)[C@H](Cc1ccccc1)N(Cc1c(Cl)cccc1Cl)C(=O)CSCc1cccc(Cl)c1. The number of amides is 2. The summed E-state index contributed by atoms with van der Waals surface area (Å²) in [6, 6.07) is 21.7. The van der Waals surface area contributed by atoms with E-state index in [1.165, 1.54) is 11.8 Å². The maximum Gasteiger partial charge on any atom is 0.243 e. The first-order valence-corrected chi connectivity index (χ1v) is 13.5. The second-order valence-corrected chi connectivity index (χ2v) is 10.2. The second kappa shape index (κ2) is 13.8. The highest BCUT2D eigenvalue weighted by atomic mass is 35.5. The fourth-order valence-corrected chi connectivity index (χ4v) is 5.25. The van der Waals surface area contributed by atoms with Gasteiger partial charge in [-0.25, -0.2) is 0 Å². The zero-order chi connectivity index (χ0) is 25.2. The summed E-state index contributed by atoms with van der Waals surface area (Å²) in [4.78, 5) is 28.4. The highest BCUT2D eigenvalue weighted by Gasteiger charge is 2.31. The lowest BCUT2D eigenvalue weighted by Gasteiger charge is -2.32. The van der Waals surface area contributed by atoms with Crippen molar-refractivity contribution in [3.63, 3.8) is 0 Å². The standard InChI is InChI=1S/C27H27Cl3N2O2S/c1-2-31-27(34)25(15-19-8-4-3-5-9-19)32(16-22-23(29)12-7-13-24(22)30)26(33)18-35-17-20-10-6-11-21(28)14-20/h3-14,25H,2,15-18H2,1H3,(H,31,34)/t25-/m0/s1. The molecule has 35 heavy (non-hydrogen) atoms. The number of thioether (sulfide) groups is 1. The Labute approximate surface area is 225 Å². The van der Waals surface area contributed by atoms with Gasteiger partial charge < -0.3 is 10.2 Å². The molecule has 3 aromatic rings. The van der Waals surface area contributed by atoms with Gasteiger partial charge in [0.25, 0.3) is 0 Å². The number of likely N-dealkylation sites (N-methyl/N-ethyl adjacent to an activating group) is 1. The third kappa shape index (κ3) is 8.18. The van der Waals surface area contributed by atoms with Gasteiger partial charge in [0.1, 0.15) is 6.04 Å². The Morgan fingerprint density at radius 3 is 2.23 bits per heavy atom. The first-order valence-electron chi connectivity index (χ1n) is 11.2. The number of nitrogens with zero attached hydrogens (tertiary/aromatic N) is 1. The van der Waals surface area contributed by atoms with Crippen LogP contribution in [0.25, 0.3) is 0 Å². The number of rotatable bonds is 11. The van der Waals surface area contributed by atoms with Crippen LogP contribution in [-0.4, -0.2) is 35.1 Å². The molecule has 8 heteroatoms. The monoisotopic (exact) mass is 548 g/mol. The third-order valence-corrected chi connectivity index (χ3v) is 7.33. The number of carbonyl (C=O) groups is 2. The summed E-state index contributed by atoms with van der Waals surface area (Å²) < 4.78 is 0. The Hall–Kier alpha value is -2.18. The summed E-state index contributed by atoms with van der Waals surface area (Å²) >= 11 is 20.4. The predicted molar refractivity (Wildman–Crippen MR) is 147 cm³/mol. The van der Waals surface area contributed by atoms with Gasteiger partial charge in [-0.15, -0.1) is 11.8 Å². The quantitative estimate of drug-likeness (QED) is 0.291. The largest absolute Gasteiger partial charge is 0.355 e. The Bertz CT molecular complexity index is 1120. The van der Waals surface area contributed by atoms with Crippen LogP contribution in [-0.2, 0) is 28.3 Å². The van der Waals surface area contributed by atoms with Crippen LogP contribution in [0.2, 0.25) is 15.1 Å². The van der Waals surface area contributed by atoms with E-state index in [1.807, 2.05) is 61.5 Å². The van der Waals surface area contributed by atoms with Crippen molar-refractivity contribution in [2.24, 2.45) is 0 Å². The van der Waals surface area contributed by atoms with Crippen LogP contribution in [0.1, 0.15) is 23.6 Å².